The summed E-state index contributed by atoms with van der Waals surface area (Å²) in [5.41, 5.74) is 0.733. The number of benzene rings is 1. The van der Waals surface area contributed by atoms with Crippen LogP contribution in [0.1, 0.15) is 16.2 Å². The third kappa shape index (κ3) is 3.48. The molecular formula is C13H14N2O4. The topological polar surface area (TPSA) is 84.4 Å². The Balaban J connectivity index is 1.86. The zero-order valence-electron chi connectivity index (χ0n) is 10.4. The van der Waals surface area contributed by atoms with Crippen molar-refractivity contribution in [1.82, 2.24) is 10.2 Å². The van der Waals surface area contributed by atoms with E-state index in [1.165, 1.54) is 6.07 Å². The average Bonchev–Trinajstić information content (AvgIpc) is 2.88. The molecule has 2 rings (SSSR count). The summed E-state index contributed by atoms with van der Waals surface area (Å²) < 4.78 is 10.6. The summed E-state index contributed by atoms with van der Waals surface area (Å²) in [5.74, 6) is 0.390. The van der Waals surface area contributed by atoms with Crippen LogP contribution in [0, 0.1) is 0 Å². The predicted molar refractivity (Wildman–Crippen MR) is 67.7 cm³/mol. The molecule has 6 heteroatoms. The van der Waals surface area contributed by atoms with Crippen molar-refractivity contribution >= 4 is 5.97 Å². The second-order valence-electron chi connectivity index (χ2n) is 3.86. The van der Waals surface area contributed by atoms with Crippen molar-refractivity contribution in [2.75, 3.05) is 13.7 Å². The first-order valence-electron chi connectivity index (χ1n) is 5.73. The molecule has 0 bridgehead atoms. The summed E-state index contributed by atoms with van der Waals surface area (Å²) in [7, 11) is 1.59. The van der Waals surface area contributed by atoms with Gasteiger partial charge in [0.05, 0.1) is 13.7 Å². The number of hydrogen-bond donors (Lipinski definition) is 2. The van der Waals surface area contributed by atoms with Crippen molar-refractivity contribution in [1.29, 1.82) is 0 Å². The molecule has 1 heterocycles. The molecular weight excluding hydrogens is 248 g/mol. The zero-order chi connectivity index (χ0) is 13.7. The highest BCUT2D eigenvalue weighted by atomic mass is 16.5. The van der Waals surface area contributed by atoms with Gasteiger partial charge in [0.1, 0.15) is 11.5 Å². The van der Waals surface area contributed by atoms with E-state index < -0.39 is 5.97 Å². The monoisotopic (exact) mass is 262 g/mol. The molecule has 0 aliphatic rings. The number of carboxylic acid groups (broad SMARTS) is 1. The number of H-pyrrole nitrogens is 1. The number of hydrogen-bond acceptors (Lipinski definition) is 4. The fraction of sp³-hybridized carbons (Fsp3) is 0.231. The van der Waals surface area contributed by atoms with Gasteiger partial charge in [-0.1, -0.05) is 6.07 Å². The molecule has 0 unspecified atom stereocenters. The number of aromatic nitrogens is 2. The van der Waals surface area contributed by atoms with E-state index in [0.717, 1.165) is 11.4 Å². The average molecular weight is 262 g/mol. The van der Waals surface area contributed by atoms with Crippen LogP contribution in [0.2, 0.25) is 0 Å². The van der Waals surface area contributed by atoms with Gasteiger partial charge in [-0.05, 0) is 18.2 Å². The van der Waals surface area contributed by atoms with Crippen LogP contribution in [-0.4, -0.2) is 35.0 Å². The minimum atomic E-state index is -1.05. The van der Waals surface area contributed by atoms with Gasteiger partial charge >= 0.3 is 5.97 Å². The zero-order valence-corrected chi connectivity index (χ0v) is 10.4. The van der Waals surface area contributed by atoms with E-state index in [-0.39, 0.29) is 5.69 Å². The first-order chi connectivity index (χ1) is 9.19. The fourth-order valence-corrected chi connectivity index (χ4v) is 1.57. The second kappa shape index (κ2) is 5.90. The van der Waals surface area contributed by atoms with Gasteiger partial charge in [-0.15, -0.1) is 0 Å². The van der Waals surface area contributed by atoms with Crippen LogP contribution in [0.5, 0.6) is 11.5 Å². The number of methoxy groups -OCH3 is 1. The van der Waals surface area contributed by atoms with Crippen LogP contribution in [0.25, 0.3) is 0 Å². The summed E-state index contributed by atoms with van der Waals surface area (Å²) in [6.07, 6.45) is 0.553. The molecule has 6 nitrogen and oxygen atoms in total. The van der Waals surface area contributed by atoms with Crippen LogP contribution >= 0.6 is 0 Å². The molecule has 100 valence electrons. The molecule has 0 amide bonds. The predicted octanol–water partition coefficient (Wildman–Crippen LogP) is 1.74. The van der Waals surface area contributed by atoms with Gasteiger partial charge in [-0.2, -0.15) is 5.10 Å². The molecule has 1 aromatic heterocycles. The maximum absolute atomic E-state index is 10.7. The highest BCUT2D eigenvalue weighted by Crippen LogP contribution is 2.18. The van der Waals surface area contributed by atoms with Crippen LogP contribution in [-0.2, 0) is 6.42 Å². The van der Waals surface area contributed by atoms with Crippen molar-refractivity contribution in [3.05, 3.63) is 41.7 Å². The Labute approximate surface area is 110 Å². The largest absolute Gasteiger partial charge is 0.497 e. The summed E-state index contributed by atoms with van der Waals surface area (Å²) in [4.78, 5) is 10.7. The minimum absolute atomic E-state index is 0.0105. The Morgan fingerprint density at radius 2 is 2.16 bits per heavy atom. The standard InChI is InChI=1S/C13H14N2O4/c1-18-10-3-2-4-11(8-10)19-6-5-9-7-12(13(16)17)15-14-9/h2-4,7-8H,5-6H2,1H3,(H,14,15)(H,16,17). The molecule has 0 fully saturated rings. The van der Waals surface area contributed by atoms with Crippen molar-refractivity contribution in [3.8, 4) is 11.5 Å². The van der Waals surface area contributed by atoms with Crippen LogP contribution in [0.3, 0.4) is 0 Å². The molecule has 0 aliphatic carbocycles. The molecule has 0 saturated heterocycles. The molecule has 0 saturated carbocycles. The molecule has 2 aromatic rings. The van der Waals surface area contributed by atoms with Gasteiger partial charge < -0.3 is 14.6 Å². The lowest BCUT2D eigenvalue weighted by molar-refractivity contribution is 0.0690. The minimum Gasteiger partial charge on any atom is -0.497 e. The van der Waals surface area contributed by atoms with Gasteiger partial charge in [-0.3, -0.25) is 5.10 Å². The number of rotatable bonds is 6. The smallest absolute Gasteiger partial charge is 0.356 e. The third-order valence-electron chi connectivity index (χ3n) is 2.53. The van der Waals surface area contributed by atoms with Gasteiger partial charge in [0.2, 0.25) is 0 Å². The molecule has 0 spiro atoms. The number of nitrogens with one attached hydrogen (secondary N) is 1. The number of aromatic amines is 1. The lowest BCUT2D eigenvalue weighted by Gasteiger charge is -2.06. The van der Waals surface area contributed by atoms with E-state index in [1.54, 1.807) is 13.2 Å². The number of aromatic carboxylic acids is 1. The lowest BCUT2D eigenvalue weighted by atomic mass is 10.3. The molecule has 19 heavy (non-hydrogen) atoms. The lowest BCUT2D eigenvalue weighted by Crippen LogP contribution is -2.01. The van der Waals surface area contributed by atoms with Gasteiger partial charge in [0, 0.05) is 18.2 Å². The first kappa shape index (κ1) is 12.9. The first-order valence-corrected chi connectivity index (χ1v) is 5.73. The maximum Gasteiger partial charge on any atom is 0.356 e. The van der Waals surface area contributed by atoms with E-state index in [2.05, 4.69) is 10.2 Å². The molecule has 0 aliphatic heterocycles. The van der Waals surface area contributed by atoms with E-state index in [4.69, 9.17) is 14.6 Å². The normalized spacial score (nSPS) is 10.2. The van der Waals surface area contributed by atoms with Crippen molar-refractivity contribution in [2.45, 2.75) is 6.42 Å². The van der Waals surface area contributed by atoms with E-state index in [9.17, 15) is 4.79 Å². The molecule has 2 N–H and O–H groups in total. The summed E-state index contributed by atoms with van der Waals surface area (Å²) in [6, 6.07) is 8.79. The van der Waals surface area contributed by atoms with Crippen LogP contribution < -0.4 is 9.47 Å². The van der Waals surface area contributed by atoms with E-state index in [0.29, 0.717) is 18.8 Å². The highest BCUT2D eigenvalue weighted by Gasteiger charge is 2.07. The van der Waals surface area contributed by atoms with Gasteiger partial charge in [-0.25, -0.2) is 4.79 Å². The molecule has 1 aromatic carbocycles. The number of ether oxygens (including phenoxy) is 2. The Kier molecular flexibility index (Phi) is 4.02. The second-order valence-corrected chi connectivity index (χ2v) is 3.86. The van der Waals surface area contributed by atoms with Crippen molar-refractivity contribution in [3.63, 3.8) is 0 Å². The van der Waals surface area contributed by atoms with Crippen molar-refractivity contribution in [2.24, 2.45) is 0 Å². The Morgan fingerprint density at radius 3 is 2.84 bits per heavy atom. The Bertz CT molecular complexity index is 565. The quantitative estimate of drug-likeness (QED) is 0.828. The summed E-state index contributed by atoms with van der Waals surface area (Å²) in [5, 5.41) is 15.1. The summed E-state index contributed by atoms with van der Waals surface area (Å²) in [6.45, 7) is 0.425. The summed E-state index contributed by atoms with van der Waals surface area (Å²) >= 11 is 0. The Hall–Kier alpha value is -2.50. The van der Waals surface area contributed by atoms with E-state index >= 15 is 0 Å². The fourth-order valence-electron chi connectivity index (χ4n) is 1.57. The van der Waals surface area contributed by atoms with Crippen LogP contribution in [0.4, 0.5) is 0 Å². The highest BCUT2D eigenvalue weighted by molar-refractivity contribution is 5.85. The maximum atomic E-state index is 10.7. The van der Waals surface area contributed by atoms with Gasteiger partial charge in [0.25, 0.3) is 0 Å². The molecule has 0 atom stereocenters. The number of carbonyl (C=O) groups is 1. The van der Waals surface area contributed by atoms with Crippen molar-refractivity contribution < 1.29 is 19.4 Å². The SMILES string of the molecule is COc1cccc(OCCc2cc(C(=O)O)n[nH]2)c1. The molecule has 0 radical (unpaired) electrons. The Morgan fingerprint density at radius 1 is 1.37 bits per heavy atom. The third-order valence-corrected chi connectivity index (χ3v) is 2.53. The van der Waals surface area contributed by atoms with Gasteiger partial charge in [0.15, 0.2) is 5.69 Å². The van der Waals surface area contributed by atoms with E-state index in [1.807, 2.05) is 18.2 Å². The van der Waals surface area contributed by atoms with Crippen LogP contribution in [0.15, 0.2) is 30.3 Å². The number of carboxylic acids is 1. The number of nitrogens with zero attached hydrogens (tertiary/aromatic N) is 1.